The summed E-state index contributed by atoms with van der Waals surface area (Å²) in [5.74, 6) is -0.102. The first-order chi connectivity index (χ1) is 15.0. The third-order valence-corrected chi connectivity index (χ3v) is 5.09. The number of nitrogens with two attached hydrogens (primary N) is 1. The molecule has 0 radical (unpaired) electrons. The van der Waals surface area contributed by atoms with E-state index in [1.807, 2.05) is 30.3 Å². The fourth-order valence-electron chi connectivity index (χ4n) is 2.56. The highest BCUT2D eigenvalue weighted by Gasteiger charge is 2.07. The highest BCUT2D eigenvalue weighted by Crippen LogP contribution is 2.21. The van der Waals surface area contributed by atoms with Gasteiger partial charge in [-0.25, -0.2) is 0 Å². The first-order valence-electron chi connectivity index (χ1n) is 9.40. The SMILES string of the molecule is NC(=O)c1ccc(NC(=O)CSc2ccc(NC(=O)COc3ccccc3)cc2)cc1. The molecule has 0 fully saturated rings. The Morgan fingerprint density at radius 1 is 0.774 bits per heavy atom. The Hall–Kier alpha value is -3.78. The van der Waals surface area contributed by atoms with Crippen LogP contribution in [0.3, 0.4) is 0 Å². The summed E-state index contributed by atoms with van der Waals surface area (Å²) in [6, 6.07) is 22.7. The Labute approximate surface area is 184 Å². The van der Waals surface area contributed by atoms with Crippen molar-refractivity contribution >= 4 is 40.9 Å². The van der Waals surface area contributed by atoms with Gasteiger partial charge in [-0.1, -0.05) is 18.2 Å². The molecule has 8 heteroatoms. The van der Waals surface area contributed by atoms with Crippen LogP contribution in [-0.2, 0) is 9.59 Å². The van der Waals surface area contributed by atoms with Gasteiger partial charge in [0.25, 0.3) is 5.91 Å². The van der Waals surface area contributed by atoms with Gasteiger partial charge in [0.1, 0.15) is 5.75 Å². The van der Waals surface area contributed by atoms with E-state index in [1.54, 1.807) is 48.5 Å². The zero-order valence-electron chi connectivity index (χ0n) is 16.5. The maximum absolute atomic E-state index is 12.1. The van der Waals surface area contributed by atoms with Crippen LogP contribution >= 0.6 is 11.8 Å². The lowest BCUT2D eigenvalue weighted by atomic mass is 10.2. The van der Waals surface area contributed by atoms with Crippen molar-refractivity contribution in [2.24, 2.45) is 5.73 Å². The molecule has 3 amide bonds. The van der Waals surface area contributed by atoms with Crippen molar-refractivity contribution in [3.8, 4) is 5.75 Å². The largest absolute Gasteiger partial charge is 0.484 e. The first-order valence-corrected chi connectivity index (χ1v) is 10.4. The summed E-state index contributed by atoms with van der Waals surface area (Å²) in [7, 11) is 0. The minimum atomic E-state index is -0.517. The average molecular weight is 436 g/mol. The minimum Gasteiger partial charge on any atom is -0.484 e. The number of thioether (sulfide) groups is 1. The van der Waals surface area contributed by atoms with Crippen LogP contribution in [0.15, 0.2) is 83.8 Å². The van der Waals surface area contributed by atoms with E-state index in [4.69, 9.17) is 10.5 Å². The van der Waals surface area contributed by atoms with E-state index >= 15 is 0 Å². The Bertz CT molecular complexity index is 1040. The molecule has 31 heavy (non-hydrogen) atoms. The maximum atomic E-state index is 12.1. The standard InChI is InChI=1S/C23H21N3O4S/c24-23(29)16-6-8-17(9-7-16)26-22(28)15-31-20-12-10-18(11-13-20)25-21(27)14-30-19-4-2-1-3-5-19/h1-13H,14-15H2,(H2,24,29)(H,25,27)(H,26,28). The minimum absolute atomic E-state index is 0.0822. The quantitative estimate of drug-likeness (QED) is 0.445. The Morgan fingerprint density at radius 3 is 1.97 bits per heavy atom. The summed E-state index contributed by atoms with van der Waals surface area (Å²) in [5.41, 5.74) is 6.81. The number of benzene rings is 3. The molecular formula is C23H21N3O4S. The summed E-state index contributed by atoms with van der Waals surface area (Å²) in [6.07, 6.45) is 0. The summed E-state index contributed by atoms with van der Waals surface area (Å²) in [6.45, 7) is -0.0822. The number of carbonyl (C=O) groups excluding carboxylic acids is 3. The summed E-state index contributed by atoms with van der Waals surface area (Å²) in [5, 5.41) is 5.52. The van der Waals surface area contributed by atoms with E-state index < -0.39 is 5.91 Å². The van der Waals surface area contributed by atoms with Gasteiger partial charge in [-0.2, -0.15) is 0 Å². The van der Waals surface area contributed by atoms with Crippen molar-refractivity contribution in [2.75, 3.05) is 23.0 Å². The monoisotopic (exact) mass is 435 g/mol. The summed E-state index contributed by atoms with van der Waals surface area (Å²) in [4.78, 5) is 36.1. The van der Waals surface area contributed by atoms with Gasteiger partial charge in [0.15, 0.2) is 6.61 Å². The van der Waals surface area contributed by atoms with Crippen molar-refractivity contribution in [1.29, 1.82) is 0 Å². The molecule has 0 saturated carbocycles. The van der Waals surface area contributed by atoms with Crippen LogP contribution in [0.5, 0.6) is 5.75 Å². The van der Waals surface area contributed by atoms with Crippen LogP contribution in [-0.4, -0.2) is 30.1 Å². The predicted molar refractivity (Wildman–Crippen MR) is 121 cm³/mol. The number of ether oxygens (including phenoxy) is 1. The second-order valence-electron chi connectivity index (χ2n) is 6.45. The summed E-state index contributed by atoms with van der Waals surface area (Å²) >= 11 is 1.37. The Kier molecular flexibility index (Phi) is 7.67. The number of amides is 3. The lowest BCUT2D eigenvalue weighted by molar-refractivity contribution is -0.118. The van der Waals surface area contributed by atoms with E-state index in [2.05, 4.69) is 10.6 Å². The lowest BCUT2D eigenvalue weighted by Crippen LogP contribution is -2.20. The van der Waals surface area contributed by atoms with Gasteiger partial charge in [0.2, 0.25) is 11.8 Å². The molecule has 0 unspecified atom stereocenters. The number of hydrogen-bond donors (Lipinski definition) is 3. The van der Waals surface area contributed by atoms with Gasteiger partial charge in [-0.15, -0.1) is 11.8 Å². The molecule has 158 valence electrons. The lowest BCUT2D eigenvalue weighted by Gasteiger charge is -2.08. The van der Waals surface area contributed by atoms with Gasteiger partial charge >= 0.3 is 0 Å². The van der Waals surface area contributed by atoms with Gasteiger partial charge in [0, 0.05) is 21.8 Å². The average Bonchev–Trinajstić information content (AvgIpc) is 2.78. The molecule has 0 aliphatic heterocycles. The van der Waals surface area contributed by atoms with E-state index in [0.717, 1.165) is 4.90 Å². The van der Waals surface area contributed by atoms with E-state index in [1.165, 1.54) is 11.8 Å². The predicted octanol–water partition coefficient (Wildman–Crippen LogP) is 3.53. The highest BCUT2D eigenvalue weighted by molar-refractivity contribution is 8.00. The van der Waals surface area contributed by atoms with Crippen molar-refractivity contribution < 1.29 is 19.1 Å². The molecular weight excluding hydrogens is 414 g/mol. The third-order valence-electron chi connectivity index (χ3n) is 4.07. The second kappa shape index (κ2) is 10.8. The van der Waals surface area contributed by atoms with Crippen LogP contribution in [0.2, 0.25) is 0 Å². The van der Waals surface area contributed by atoms with E-state index in [9.17, 15) is 14.4 Å². The molecule has 0 aromatic heterocycles. The zero-order chi connectivity index (χ0) is 22.1. The van der Waals surface area contributed by atoms with Crippen LogP contribution in [0, 0.1) is 0 Å². The van der Waals surface area contributed by atoms with E-state index in [0.29, 0.717) is 22.7 Å². The van der Waals surface area contributed by atoms with Crippen molar-refractivity contribution in [3.63, 3.8) is 0 Å². The van der Waals surface area contributed by atoms with Gasteiger partial charge in [-0.3, -0.25) is 14.4 Å². The first kappa shape index (κ1) is 21.9. The molecule has 0 saturated heterocycles. The molecule has 0 atom stereocenters. The number of nitrogens with one attached hydrogen (secondary N) is 2. The molecule has 0 bridgehead atoms. The fourth-order valence-corrected chi connectivity index (χ4v) is 3.26. The molecule has 7 nitrogen and oxygen atoms in total. The van der Waals surface area contributed by atoms with Gasteiger partial charge < -0.3 is 21.1 Å². The Balaban J connectivity index is 1.41. The molecule has 3 aromatic carbocycles. The van der Waals surface area contributed by atoms with Gasteiger partial charge in [-0.05, 0) is 60.7 Å². The Morgan fingerprint density at radius 2 is 1.35 bits per heavy atom. The van der Waals surface area contributed by atoms with Crippen molar-refractivity contribution in [1.82, 2.24) is 0 Å². The van der Waals surface area contributed by atoms with Crippen LogP contribution in [0.4, 0.5) is 11.4 Å². The number of primary amides is 1. The molecule has 0 aliphatic carbocycles. The van der Waals surface area contributed by atoms with Gasteiger partial charge in [0.05, 0.1) is 5.75 Å². The second-order valence-corrected chi connectivity index (χ2v) is 7.50. The molecule has 0 heterocycles. The number of hydrogen-bond acceptors (Lipinski definition) is 5. The number of rotatable bonds is 9. The van der Waals surface area contributed by atoms with E-state index in [-0.39, 0.29) is 24.2 Å². The normalized spacial score (nSPS) is 10.2. The number of anilines is 2. The van der Waals surface area contributed by atoms with Crippen molar-refractivity contribution in [3.05, 3.63) is 84.4 Å². The van der Waals surface area contributed by atoms with Crippen LogP contribution in [0.1, 0.15) is 10.4 Å². The summed E-state index contributed by atoms with van der Waals surface area (Å²) < 4.78 is 5.41. The molecule has 0 spiro atoms. The maximum Gasteiger partial charge on any atom is 0.262 e. The molecule has 3 aromatic rings. The smallest absolute Gasteiger partial charge is 0.262 e. The van der Waals surface area contributed by atoms with Crippen LogP contribution < -0.4 is 21.1 Å². The third kappa shape index (κ3) is 7.20. The number of para-hydroxylation sites is 1. The highest BCUT2D eigenvalue weighted by atomic mass is 32.2. The van der Waals surface area contributed by atoms with Crippen LogP contribution in [0.25, 0.3) is 0 Å². The fraction of sp³-hybridized carbons (Fsp3) is 0.0870. The molecule has 0 aliphatic rings. The van der Waals surface area contributed by atoms with Crippen molar-refractivity contribution in [2.45, 2.75) is 4.90 Å². The number of carbonyl (C=O) groups is 3. The zero-order valence-corrected chi connectivity index (χ0v) is 17.4. The topological polar surface area (TPSA) is 111 Å². The molecule has 3 rings (SSSR count). The molecule has 4 N–H and O–H groups in total.